The van der Waals surface area contributed by atoms with Crippen molar-refractivity contribution >= 4 is 17.4 Å². The molecule has 0 radical (unpaired) electrons. The fraction of sp³-hybridized carbons (Fsp3) is 0. The first kappa shape index (κ1) is 14.7. The number of anilines is 1. The van der Waals surface area contributed by atoms with Gasteiger partial charge in [0.2, 0.25) is 0 Å². The van der Waals surface area contributed by atoms with E-state index in [2.05, 4.69) is 53.8 Å². The summed E-state index contributed by atoms with van der Waals surface area (Å²) in [5, 5.41) is 2.46. The number of nitrogens with one attached hydrogen (secondary N) is 1. The van der Waals surface area contributed by atoms with Crippen LogP contribution in [0.3, 0.4) is 0 Å². The summed E-state index contributed by atoms with van der Waals surface area (Å²) in [6.07, 6.45) is 0. The molecule has 0 saturated heterocycles. The number of rotatable bonds is 1. The van der Waals surface area contributed by atoms with Crippen LogP contribution >= 0.6 is 0 Å². The second kappa shape index (κ2) is 6.71. The molecule has 0 spiro atoms. The largest absolute Gasteiger partial charge is 0.318 e. The second-order valence-electron chi connectivity index (χ2n) is 5.06. The third-order valence-electron chi connectivity index (χ3n) is 3.51. The van der Waals surface area contributed by atoms with Gasteiger partial charge in [0.25, 0.3) is 11.7 Å². The van der Waals surface area contributed by atoms with Crippen LogP contribution in [0.1, 0.15) is 10.4 Å². The molecular weight excluding hydrogens is 286 g/mol. The zero-order valence-corrected chi connectivity index (χ0v) is 12.4. The van der Waals surface area contributed by atoms with Crippen LogP contribution in [0.15, 0.2) is 84.9 Å². The molecule has 0 fully saturated rings. The normalized spacial score (nSPS) is 12.0. The van der Waals surface area contributed by atoms with Gasteiger partial charge in [0.1, 0.15) is 0 Å². The molecule has 0 atom stereocenters. The molecule has 0 saturated carbocycles. The highest BCUT2D eigenvalue weighted by Crippen LogP contribution is 2.21. The maximum absolute atomic E-state index is 11.0. The molecule has 23 heavy (non-hydrogen) atoms. The minimum atomic E-state index is -0.536. The number of hydrogen-bond donors (Lipinski definition) is 1. The first-order valence-electron chi connectivity index (χ1n) is 7.31. The fourth-order valence-corrected chi connectivity index (χ4v) is 2.35. The first-order valence-corrected chi connectivity index (χ1v) is 7.31. The molecule has 0 aromatic heterocycles. The van der Waals surface area contributed by atoms with E-state index in [1.165, 1.54) is 11.1 Å². The van der Waals surface area contributed by atoms with Gasteiger partial charge in [-0.3, -0.25) is 9.59 Å². The number of carbonyl (C=O) groups is 2. The Balaban J connectivity index is 0.000000136. The third-order valence-corrected chi connectivity index (χ3v) is 3.51. The quantitative estimate of drug-likeness (QED) is 0.685. The van der Waals surface area contributed by atoms with E-state index < -0.39 is 11.7 Å². The minimum Gasteiger partial charge on any atom is -0.318 e. The van der Waals surface area contributed by atoms with E-state index in [1.54, 1.807) is 24.3 Å². The number of Topliss-reactive ketones (excluding diaryl/α,β-unsaturated/α-hetero) is 1. The summed E-state index contributed by atoms with van der Waals surface area (Å²) in [5.41, 5.74) is 3.64. The molecule has 1 aliphatic heterocycles. The highest BCUT2D eigenvalue weighted by Gasteiger charge is 2.26. The van der Waals surface area contributed by atoms with Crippen molar-refractivity contribution in [2.75, 3.05) is 5.32 Å². The Bertz CT molecular complexity index is 789. The number of fused-ring (bicyclic) bond motifs is 1. The van der Waals surface area contributed by atoms with E-state index in [0.717, 1.165) is 0 Å². The van der Waals surface area contributed by atoms with Crippen LogP contribution in [0, 0.1) is 0 Å². The van der Waals surface area contributed by atoms with Crippen molar-refractivity contribution < 1.29 is 9.59 Å². The molecule has 4 rings (SSSR count). The molecule has 1 heterocycles. The molecule has 0 bridgehead atoms. The van der Waals surface area contributed by atoms with Crippen molar-refractivity contribution in [1.29, 1.82) is 0 Å². The topological polar surface area (TPSA) is 46.2 Å². The van der Waals surface area contributed by atoms with E-state index >= 15 is 0 Å². The van der Waals surface area contributed by atoms with Crippen molar-refractivity contribution in [1.82, 2.24) is 0 Å². The minimum absolute atomic E-state index is 0.444. The zero-order valence-electron chi connectivity index (χ0n) is 12.4. The number of amides is 1. The summed E-state index contributed by atoms with van der Waals surface area (Å²) in [7, 11) is 0. The Morgan fingerprint density at radius 1 is 0.565 bits per heavy atom. The second-order valence-corrected chi connectivity index (χ2v) is 5.06. The van der Waals surface area contributed by atoms with Gasteiger partial charge < -0.3 is 5.32 Å². The SMILES string of the molecule is O=C1Nc2ccccc2C1=O.c1ccc(-c2ccccc2)cc1. The Morgan fingerprint density at radius 3 is 1.57 bits per heavy atom. The van der Waals surface area contributed by atoms with E-state index in [1.807, 2.05) is 12.1 Å². The summed E-state index contributed by atoms with van der Waals surface area (Å²) >= 11 is 0. The van der Waals surface area contributed by atoms with Crippen LogP contribution < -0.4 is 5.32 Å². The van der Waals surface area contributed by atoms with Crippen molar-refractivity contribution in [3.63, 3.8) is 0 Å². The lowest BCUT2D eigenvalue weighted by Gasteiger charge is -1.98. The fourth-order valence-electron chi connectivity index (χ4n) is 2.35. The Morgan fingerprint density at radius 2 is 1.04 bits per heavy atom. The summed E-state index contributed by atoms with van der Waals surface area (Å²) < 4.78 is 0. The van der Waals surface area contributed by atoms with E-state index in [0.29, 0.717) is 11.3 Å². The molecule has 1 aliphatic rings. The highest BCUT2D eigenvalue weighted by atomic mass is 16.2. The molecule has 3 heteroatoms. The number of para-hydroxylation sites is 1. The third kappa shape index (κ3) is 3.35. The van der Waals surface area contributed by atoms with E-state index in [4.69, 9.17) is 0 Å². The lowest BCUT2D eigenvalue weighted by molar-refractivity contribution is -0.112. The van der Waals surface area contributed by atoms with Crippen LogP contribution in [-0.4, -0.2) is 11.7 Å². The van der Waals surface area contributed by atoms with Gasteiger partial charge in [0, 0.05) is 0 Å². The van der Waals surface area contributed by atoms with E-state index in [9.17, 15) is 9.59 Å². The number of benzene rings is 3. The Labute approximate surface area is 134 Å². The predicted molar refractivity (Wildman–Crippen MR) is 91.3 cm³/mol. The smallest absolute Gasteiger partial charge is 0.296 e. The molecule has 3 nitrogen and oxygen atoms in total. The van der Waals surface area contributed by atoms with Crippen LogP contribution in [0.2, 0.25) is 0 Å². The number of ketones is 1. The van der Waals surface area contributed by atoms with Gasteiger partial charge in [-0.25, -0.2) is 0 Å². The summed E-state index contributed by atoms with van der Waals surface area (Å²) in [5.74, 6) is -0.980. The Hall–Kier alpha value is -3.20. The van der Waals surface area contributed by atoms with Crippen molar-refractivity contribution in [2.45, 2.75) is 0 Å². The van der Waals surface area contributed by atoms with Gasteiger partial charge in [-0.15, -0.1) is 0 Å². The molecule has 112 valence electrons. The summed E-state index contributed by atoms with van der Waals surface area (Å²) in [6, 6.07) is 27.6. The lowest BCUT2D eigenvalue weighted by atomic mass is 10.1. The van der Waals surface area contributed by atoms with Crippen molar-refractivity contribution in [2.24, 2.45) is 0 Å². The standard InChI is InChI=1S/C12H10.C8H5NO2/c1-3-7-11(8-4-1)12-9-5-2-6-10-12;10-7-5-3-1-2-4-6(5)9-8(7)11/h1-10H;1-4H,(H,9,10,11). The zero-order chi connectivity index (χ0) is 16.1. The molecular formula is C20H15NO2. The van der Waals surface area contributed by atoms with Crippen LogP contribution in [0.25, 0.3) is 11.1 Å². The molecule has 1 N–H and O–H groups in total. The van der Waals surface area contributed by atoms with E-state index in [-0.39, 0.29) is 0 Å². The van der Waals surface area contributed by atoms with Crippen molar-refractivity contribution in [3.8, 4) is 11.1 Å². The van der Waals surface area contributed by atoms with Crippen LogP contribution in [0.5, 0.6) is 0 Å². The molecule has 0 unspecified atom stereocenters. The summed E-state index contributed by atoms with van der Waals surface area (Å²) in [6.45, 7) is 0. The maximum atomic E-state index is 11.0. The van der Waals surface area contributed by atoms with Gasteiger partial charge in [0.15, 0.2) is 0 Å². The predicted octanol–water partition coefficient (Wildman–Crippen LogP) is 4.18. The van der Waals surface area contributed by atoms with Gasteiger partial charge in [0.05, 0.1) is 11.3 Å². The van der Waals surface area contributed by atoms with Gasteiger partial charge >= 0.3 is 0 Å². The van der Waals surface area contributed by atoms with Crippen LogP contribution in [0.4, 0.5) is 5.69 Å². The monoisotopic (exact) mass is 301 g/mol. The molecule has 0 aliphatic carbocycles. The van der Waals surface area contributed by atoms with Gasteiger partial charge in [-0.2, -0.15) is 0 Å². The van der Waals surface area contributed by atoms with Gasteiger partial charge in [-0.05, 0) is 23.3 Å². The Kier molecular flexibility index (Phi) is 4.29. The lowest BCUT2D eigenvalue weighted by Crippen LogP contribution is -2.12. The first-order chi connectivity index (χ1) is 11.3. The molecule has 3 aromatic rings. The van der Waals surface area contributed by atoms with Gasteiger partial charge in [-0.1, -0.05) is 72.8 Å². The van der Waals surface area contributed by atoms with Crippen molar-refractivity contribution in [3.05, 3.63) is 90.5 Å². The van der Waals surface area contributed by atoms with Crippen LogP contribution in [-0.2, 0) is 4.79 Å². The average Bonchev–Trinajstić information content (AvgIpc) is 2.92. The molecule has 3 aromatic carbocycles. The number of carbonyl (C=O) groups excluding carboxylic acids is 2. The highest BCUT2D eigenvalue weighted by molar-refractivity contribution is 6.51. The maximum Gasteiger partial charge on any atom is 0.296 e. The summed E-state index contributed by atoms with van der Waals surface area (Å²) in [4.78, 5) is 21.8. The molecule has 1 amide bonds. The number of hydrogen-bond acceptors (Lipinski definition) is 2. The average molecular weight is 301 g/mol.